The number of halogens is 2. The van der Waals surface area contributed by atoms with Crippen LogP contribution in [0.2, 0.25) is 5.02 Å². The summed E-state index contributed by atoms with van der Waals surface area (Å²) < 4.78 is 5.92. The number of hydrogen-bond donors (Lipinski definition) is 1. The van der Waals surface area contributed by atoms with E-state index < -0.39 is 5.60 Å². The molecule has 0 radical (unpaired) electrons. The summed E-state index contributed by atoms with van der Waals surface area (Å²) in [7, 11) is 1.59. The molecule has 1 aliphatic carbocycles. The average molecular weight is 278 g/mol. The van der Waals surface area contributed by atoms with Crippen molar-refractivity contribution in [3.05, 3.63) is 27.2 Å². The SMILES string of the molecule is COc1cc(Cl)c(C2(O)CC2)cc1Br. The van der Waals surface area contributed by atoms with Crippen molar-refractivity contribution >= 4 is 27.5 Å². The van der Waals surface area contributed by atoms with Gasteiger partial charge < -0.3 is 9.84 Å². The highest BCUT2D eigenvalue weighted by Crippen LogP contribution is 2.49. The normalized spacial score (nSPS) is 18.0. The van der Waals surface area contributed by atoms with Crippen LogP contribution in [0.5, 0.6) is 5.75 Å². The van der Waals surface area contributed by atoms with E-state index in [4.69, 9.17) is 16.3 Å². The maximum absolute atomic E-state index is 9.92. The Bertz CT molecular complexity index is 375. The van der Waals surface area contributed by atoms with Gasteiger partial charge in [-0.15, -0.1) is 0 Å². The lowest BCUT2D eigenvalue weighted by atomic mass is 10.1. The first-order chi connectivity index (χ1) is 6.57. The van der Waals surface area contributed by atoms with Gasteiger partial charge in [-0.2, -0.15) is 0 Å². The second-order valence-corrected chi connectivity index (χ2v) is 4.76. The zero-order valence-electron chi connectivity index (χ0n) is 7.68. The van der Waals surface area contributed by atoms with E-state index in [1.807, 2.05) is 6.07 Å². The summed E-state index contributed by atoms with van der Waals surface area (Å²) in [4.78, 5) is 0. The number of ether oxygens (including phenoxy) is 1. The van der Waals surface area contributed by atoms with Crippen LogP contribution in [-0.4, -0.2) is 12.2 Å². The van der Waals surface area contributed by atoms with Gasteiger partial charge >= 0.3 is 0 Å². The monoisotopic (exact) mass is 276 g/mol. The van der Waals surface area contributed by atoms with E-state index in [0.717, 1.165) is 22.9 Å². The maximum Gasteiger partial charge on any atom is 0.134 e. The van der Waals surface area contributed by atoms with Gasteiger partial charge in [-0.25, -0.2) is 0 Å². The Balaban J connectivity index is 2.48. The molecule has 0 unspecified atom stereocenters. The van der Waals surface area contributed by atoms with Crippen LogP contribution < -0.4 is 4.74 Å². The van der Waals surface area contributed by atoms with Gasteiger partial charge in [-0.1, -0.05) is 11.6 Å². The summed E-state index contributed by atoms with van der Waals surface area (Å²) in [6, 6.07) is 3.55. The Kier molecular flexibility index (Phi) is 2.50. The average Bonchev–Trinajstić information content (AvgIpc) is 2.88. The van der Waals surface area contributed by atoms with Crippen molar-refractivity contribution in [1.82, 2.24) is 0 Å². The van der Waals surface area contributed by atoms with Gasteiger partial charge in [0.25, 0.3) is 0 Å². The summed E-state index contributed by atoms with van der Waals surface area (Å²) in [6.07, 6.45) is 1.57. The fraction of sp³-hybridized carbons (Fsp3) is 0.400. The molecule has 0 bridgehead atoms. The molecule has 4 heteroatoms. The minimum Gasteiger partial charge on any atom is -0.496 e. The highest BCUT2D eigenvalue weighted by molar-refractivity contribution is 9.10. The van der Waals surface area contributed by atoms with Crippen molar-refractivity contribution < 1.29 is 9.84 Å². The predicted octanol–water partition coefficient (Wildman–Crippen LogP) is 3.09. The Labute approximate surface area is 96.0 Å². The minimum atomic E-state index is -0.703. The molecule has 1 aromatic carbocycles. The summed E-state index contributed by atoms with van der Waals surface area (Å²) in [5.74, 6) is 0.683. The van der Waals surface area contributed by atoms with Gasteiger partial charge in [0.2, 0.25) is 0 Å². The molecule has 1 aromatic rings. The first-order valence-electron chi connectivity index (χ1n) is 4.33. The standard InChI is InChI=1S/C10H10BrClO2/c1-14-9-5-8(12)6(4-7(9)11)10(13)2-3-10/h4-5,13H,2-3H2,1H3. The lowest BCUT2D eigenvalue weighted by molar-refractivity contribution is 0.151. The lowest BCUT2D eigenvalue weighted by Gasteiger charge is -2.13. The molecule has 0 aliphatic heterocycles. The second-order valence-electron chi connectivity index (χ2n) is 3.50. The first-order valence-corrected chi connectivity index (χ1v) is 5.50. The van der Waals surface area contributed by atoms with Crippen LogP contribution in [-0.2, 0) is 5.60 Å². The third-order valence-corrected chi connectivity index (χ3v) is 3.40. The Hall–Kier alpha value is -0.250. The molecule has 1 aliphatic rings. The third-order valence-electron chi connectivity index (χ3n) is 2.47. The van der Waals surface area contributed by atoms with E-state index in [1.165, 1.54) is 0 Å². The molecular weight excluding hydrogens is 267 g/mol. The molecule has 0 aromatic heterocycles. The Morgan fingerprint density at radius 2 is 2.14 bits per heavy atom. The zero-order valence-corrected chi connectivity index (χ0v) is 10.0. The number of benzene rings is 1. The van der Waals surface area contributed by atoms with E-state index in [9.17, 15) is 5.11 Å². The molecule has 1 fully saturated rings. The van der Waals surface area contributed by atoms with E-state index in [2.05, 4.69) is 15.9 Å². The molecule has 0 heterocycles. The van der Waals surface area contributed by atoms with Crippen LogP contribution in [0.3, 0.4) is 0 Å². The molecule has 0 atom stereocenters. The smallest absolute Gasteiger partial charge is 0.134 e. The number of methoxy groups -OCH3 is 1. The fourth-order valence-corrected chi connectivity index (χ4v) is 2.26. The van der Waals surface area contributed by atoms with Gasteiger partial charge in [-0.3, -0.25) is 0 Å². The second kappa shape index (κ2) is 3.40. The first kappa shape index (κ1) is 10.3. The number of rotatable bonds is 2. The van der Waals surface area contributed by atoms with Crippen molar-refractivity contribution in [3.8, 4) is 5.75 Å². The molecule has 76 valence electrons. The maximum atomic E-state index is 9.92. The zero-order chi connectivity index (χ0) is 10.3. The van der Waals surface area contributed by atoms with Gasteiger partial charge in [0, 0.05) is 11.6 Å². The Morgan fingerprint density at radius 3 is 2.64 bits per heavy atom. The largest absolute Gasteiger partial charge is 0.496 e. The topological polar surface area (TPSA) is 29.5 Å². The fourth-order valence-electron chi connectivity index (χ4n) is 1.43. The lowest BCUT2D eigenvalue weighted by Crippen LogP contribution is -2.05. The summed E-state index contributed by atoms with van der Waals surface area (Å²) >= 11 is 9.41. The quantitative estimate of drug-likeness (QED) is 0.900. The molecule has 1 saturated carbocycles. The number of hydrogen-bond acceptors (Lipinski definition) is 2. The molecule has 0 saturated heterocycles. The van der Waals surface area contributed by atoms with Crippen LogP contribution in [0.25, 0.3) is 0 Å². The number of aliphatic hydroxyl groups is 1. The van der Waals surface area contributed by atoms with Crippen molar-refractivity contribution in [2.24, 2.45) is 0 Å². The van der Waals surface area contributed by atoms with Gasteiger partial charge in [0.15, 0.2) is 0 Å². The molecule has 0 spiro atoms. The minimum absolute atomic E-state index is 0.560. The van der Waals surface area contributed by atoms with Crippen LogP contribution >= 0.6 is 27.5 Å². The van der Waals surface area contributed by atoms with Gasteiger partial charge in [0.05, 0.1) is 22.2 Å². The summed E-state index contributed by atoms with van der Waals surface area (Å²) in [5, 5.41) is 10.5. The van der Waals surface area contributed by atoms with Crippen molar-refractivity contribution in [2.75, 3.05) is 7.11 Å². The summed E-state index contributed by atoms with van der Waals surface area (Å²) in [5.41, 5.74) is 0.0816. The Morgan fingerprint density at radius 1 is 1.50 bits per heavy atom. The van der Waals surface area contributed by atoms with Crippen molar-refractivity contribution in [2.45, 2.75) is 18.4 Å². The van der Waals surface area contributed by atoms with E-state index in [1.54, 1.807) is 13.2 Å². The van der Waals surface area contributed by atoms with Crippen molar-refractivity contribution in [1.29, 1.82) is 0 Å². The molecule has 0 amide bonds. The summed E-state index contributed by atoms with van der Waals surface area (Å²) in [6.45, 7) is 0. The predicted molar refractivity (Wildman–Crippen MR) is 58.8 cm³/mol. The van der Waals surface area contributed by atoms with E-state index in [-0.39, 0.29) is 0 Å². The van der Waals surface area contributed by atoms with E-state index >= 15 is 0 Å². The molecular formula is C10H10BrClO2. The molecule has 1 N–H and O–H groups in total. The van der Waals surface area contributed by atoms with Crippen LogP contribution in [0.1, 0.15) is 18.4 Å². The van der Waals surface area contributed by atoms with Crippen LogP contribution in [0.15, 0.2) is 16.6 Å². The van der Waals surface area contributed by atoms with E-state index in [0.29, 0.717) is 10.8 Å². The molecule has 2 rings (SSSR count). The van der Waals surface area contributed by atoms with Crippen molar-refractivity contribution in [3.63, 3.8) is 0 Å². The van der Waals surface area contributed by atoms with Gasteiger partial charge in [-0.05, 0) is 34.8 Å². The van der Waals surface area contributed by atoms with Gasteiger partial charge in [0.1, 0.15) is 5.75 Å². The highest BCUT2D eigenvalue weighted by Gasteiger charge is 2.43. The highest BCUT2D eigenvalue weighted by atomic mass is 79.9. The third kappa shape index (κ3) is 1.64. The molecule has 14 heavy (non-hydrogen) atoms. The van der Waals surface area contributed by atoms with Crippen LogP contribution in [0, 0.1) is 0 Å². The van der Waals surface area contributed by atoms with Crippen LogP contribution in [0.4, 0.5) is 0 Å². The molecule has 2 nitrogen and oxygen atoms in total.